The molecule has 0 spiro atoms. The Kier molecular flexibility index (Phi) is 7.51. The molecule has 1 N–H and O–H groups in total. The van der Waals surface area contributed by atoms with E-state index in [4.69, 9.17) is 0 Å². The summed E-state index contributed by atoms with van der Waals surface area (Å²) >= 11 is 1.84. The average molecular weight is 269 g/mol. The number of thiophene rings is 1. The highest BCUT2D eigenvalue weighted by molar-refractivity contribution is 7.10. The third kappa shape index (κ3) is 5.96. The Morgan fingerprint density at radius 3 is 2.61 bits per heavy atom. The van der Waals surface area contributed by atoms with Crippen LogP contribution in [-0.2, 0) is 0 Å². The number of likely N-dealkylation sites (N-methyl/N-ethyl adjacent to an activating group) is 1. The Balaban J connectivity index is 2.08. The Morgan fingerprint density at radius 2 is 2.00 bits per heavy atom. The molecule has 1 atom stereocenters. The van der Waals surface area contributed by atoms with Gasteiger partial charge in [-0.05, 0) is 59.0 Å². The normalized spacial score (nSPS) is 13.4. The molecule has 0 bridgehead atoms. The number of nitrogens with zero attached hydrogens (tertiary/aromatic N) is 2. The van der Waals surface area contributed by atoms with Crippen LogP contribution < -0.4 is 5.32 Å². The van der Waals surface area contributed by atoms with Crippen LogP contribution in [0.15, 0.2) is 17.5 Å². The molecular formula is C14H27N3S. The molecule has 0 aromatic carbocycles. The maximum Gasteiger partial charge on any atom is 0.0410 e. The molecule has 3 nitrogen and oxygen atoms in total. The van der Waals surface area contributed by atoms with Gasteiger partial charge in [0.15, 0.2) is 0 Å². The lowest BCUT2D eigenvalue weighted by molar-refractivity contribution is 0.264. The summed E-state index contributed by atoms with van der Waals surface area (Å²) in [6, 6.07) is 4.87. The molecule has 0 radical (unpaired) electrons. The lowest BCUT2D eigenvalue weighted by Crippen LogP contribution is -2.32. The molecular weight excluding hydrogens is 242 g/mol. The van der Waals surface area contributed by atoms with Crippen molar-refractivity contribution < 1.29 is 0 Å². The second-order valence-corrected chi connectivity index (χ2v) is 6.06. The van der Waals surface area contributed by atoms with Crippen LogP contribution in [0.3, 0.4) is 0 Å². The van der Waals surface area contributed by atoms with E-state index in [0.717, 1.165) is 26.2 Å². The van der Waals surface area contributed by atoms with Crippen molar-refractivity contribution in [2.75, 3.05) is 47.3 Å². The number of hydrogen-bond donors (Lipinski definition) is 1. The van der Waals surface area contributed by atoms with Gasteiger partial charge in [-0.3, -0.25) is 4.90 Å². The van der Waals surface area contributed by atoms with Gasteiger partial charge < -0.3 is 10.2 Å². The minimum atomic E-state index is 0.522. The van der Waals surface area contributed by atoms with E-state index in [1.807, 2.05) is 11.3 Å². The molecule has 0 saturated carbocycles. The van der Waals surface area contributed by atoms with Crippen molar-refractivity contribution in [1.82, 2.24) is 15.1 Å². The smallest absolute Gasteiger partial charge is 0.0410 e. The van der Waals surface area contributed by atoms with E-state index in [9.17, 15) is 0 Å². The standard InChI is InChI=1S/C14H27N3S/c1-13(14-7-5-12-18-14)17(4)11-9-15-8-6-10-16(2)3/h5,7,12-13,15H,6,8-11H2,1-4H3. The van der Waals surface area contributed by atoms with E-state index in [2.05, 4.69) is 60.7 Å². The summed E-state index contributed by atoms with van der Waals surface area (Å²) < 4.78 is 0. The van der Waals surface area contributed by atoms with Gasteiger partial charge in [0.05, 0.1) is 0 Å². The van der Waals surface area contributed by atoms with Gasteiger partial charge in [-0.25, -0.2) is 0 Å². The predicted octanol–water partition coefficient (Wildman–Crippen LogP) is 2.28. The molecule has 0 aliphatic heterocycles. The summed E-state index contributed by atoms with van der Waals surface area (Å²) in [5, 5.41) is 5.66. The number of rotatable bonds is 9. The Morgan fingerprint density at radius 1 is 1.22 bits per heavy atom. The minimum absolute atomic E-state index is 0.522. The predicted molar refractivity (Wildman–Crippen MR) is 81.4 cm³/mol. The zero-order valence-electron chi connectivity index (χ0n) is 12.1. The first-order valence-corrected chi connectivity index (χ1v) is 7.58. The third-order valence-corrected chi connectivity index (χ3v) is 4.26. The maximum absolute atomic E-state index is 3.51. The van der Waals surface area contributed by atoms with Crippen molar-refractivity contribution in [3.8, 4) is 0 Å². The molecule has 4 heteroatoms. The summed E-state index contributed by atoms with van der Waals surface area (Å²) in [6.07, 6.45) is 1.22. The van der Waals surface area contributed by atoms with E-state index in [1.54, 1.807) is 0 Å². The maximum atomic E-state index is 3.51. The molecule has 1 unspecified atom stereocenters. The van der Waals surface area contributed by atoms with Gasteiger partial charge in [0, 0.05) is 24.0 Å². The van der Waals surface area contributed by atoms with E-state index in [0.29, 0.717) is 6.04 Å². The van der Waals surface area contributed by atoms with Crippen LogP contribution in [0.25, 0.3) is 0 Å². The van der Waals surface area contributed by atoms with Gasteiger partial charge >= 0.3 is 0 Å². The highest BCUT2D eigenvalue weighted by Crippen LogP contribution is 2.22. The molecule has 1 rings (SSSR count). The van der Waals surface area contributed by atoms with Crippen LogP contribution in [0.5, 0.6) is 0 Å². The van der Waals surface area contributed by atoms with Crippen LogP contribution in [0.1, 0.15) is 24.3 Å². The zero-order chi connectivity index (χ0) is 13.4. The quantitative estimate of drug-likeness (QED) is 0.694. The summed E-state index contributed by atoms with van der Waals surface area (Å²) in [5.41, 5.74) is 0. The molecule has 0 aliphatic carbocycles. The van der Waals surface area contributed by atoms with E-state index >= 15 is 0 Å². The fourth-order valence-corrected chi connectivity index (χ4v) is 2.69. The van der Waals surface area contributed by atoms with Crippen LogP contribution in [0.4, 0.5) is 0 Å². The highest BCUT2D eigenvalue weighted by atomic mass is 32.1. The van der Waals surface area contributed by atoms with E-state index in [-0.39, 0.29) is 0 Å². The molecule has 0 fully saturated rings. The fourth-order valence-electron chi connectivity index (χ4n) is 1.84. The monoisotopic (exact) mass is 269 g/mol. The van der Waals surface area contributed by atoms with Crippen molar-refractivity contribution in [2.24, 2.45) is 0 Å². The summed E-state index contributed by atoms with van der Waals surface area (Å²) in [7, 11) is 6.44. The zero-order valence-corrected chi connectivity index (χ0v) is 13.0. The molecule has 1 aromatic rings. The molecule has 1 aromatic heterocycles. The fraction of sp³-hybridized carbons (Fsp3) is 0.714. The molecule has 18 heavy (non-hydrogen) atoms. The topological polar surface area (TPSA) is 18.5 Å². The lowest BCUT2D eigenvalue weighted by Gasteiger charge is -2.23. The highest BCUT2D eigenvalue weighted by Gasteiger charge is 2.11. The molecule has 0 saturated heterocycles. The Bertz CT molecular complexity index is 298. The van der Waals surface area contributed by atoms with Crippen LogP contribution in [0.2, 0.25) is 0 Å². The summed E-state index contributed by atoms with van der Waals surface area (Å²) in [6.45, 7) is 6.71. The number of nitrogens with one attached hydrogen (secondary N) is 1. The van der Waals surface area contributed by atoms with Gasteiger partial charge in [-0.2, -0.15) is 0 Å². The van der Waals surface area contributed by atoms with Gasteiger partial charge in [0.2, 0.25) is 0 Å². The van der Waals surface area contributed by atoms with Crippen molar-refractivity contribution in [3.05, 3.63) is 22.4 Å². The summed E-state index contributed by atoms with van der Waals surface area (Å²) in [5.74, 6) is 0. The van der Waals surface area contributed by atoms with Gasteiger partial charge in [-0.15, -0.1) is 11.3 Å². The SMILES string of the molecule is CC(c1cccs1)N(C)CCNCCCN(C)C. The average Bonchev–Trinajstić information content (AvgIpc) is 2.85. The molecule has 1 heterocycles. The third-order valence-electron chi connectivity index (χ3n) is 3.22. The van der Waals surface area contributed by atoms with E-state index in [1.165, 1.54) is 11.3 Å². The lowest BCUT2D eigenvalue weighted by atomic mass is 10.2. The minimum Gasteiger partial charge on any atom is -0.315 e. The number of hydrogen-bond acceptors (Lipinski definition) is 4. The van der Waals surface area contributed by atoms with Crippen molar-refractivity contribution in [2.45, 2.75) is 19.4 Å². The molecule has 104 valence electrons. The van der Waals surface area contributed by atoms with Crippen molar-refractivity contribution in [3.63, 3.8) is 0 Å². The first-order chi connectivity index (χ1) is 8.61. The van der Waals surface area contributed by atoms with Crippen LogP contribution >= 0.6 is 11.3 Å². The van der Waals surface area contributed by atoms with Gasteiger partial charge in [0.1, 0.15) is 0 Å². The first kappa shape index (κ1) is 15.6. The Hall–Kier alpha value is -0.420. The van der Waals surface area contributed by atoms with Crippen molar-refractivity contribution in [1.29, 1.82) is 0 Å². The van der Waals surface area contributed by atoms with Crippen LogP contribution in [0, 0.1) is 0 Å². The second-order valence-electron chi connectivity index (χ2n) is 5.08. The Labute approximate surface area is 116 Å². The molecule has 0 amide bonds. The largest absolute Gasteiger partial charge is 0.315 e. The van der Waals surface area contributed by atoms with Crippen molar-refractivity contribution >= 4 is 11.3 Å². The second kappa shape index (κ2) is 8.64. The van der Waals surface area contributed by atoms with Gasteiger partial charge in [0.25, 0.3) is 0 Å². The van der Waals surface area contributed by atoms with Crippen LogP contribution in [-0.4, -0.2) is 57.1 Å². The first-order valence-electron chi connectivity index (χ1n) is 6.70. The van der Waals surface area contributed by atoms with E-state index < -0.39 is 0 Å². The molecule has 0 aliphatic rings. The summed E-state index contributed by atoms with van der Waals surface area (Å²) in [4.78, 5) is 6.09. The van der Waals surface area contributed by atoms with Gasteiger partial charge in [-0.1, -0.05) is 6.07 Å².